The van der Waals surface area contributed by atoms with Gasteiger partial charge in [0.25, 0.3) is 40.1 Å². The molecule has 134 heavy (non-hydrogen) atoms. The van der Waals surface area contributed by atoms with Gasteiger partial charge in [-0.05, 0) is 182 Å². The molecule has 0 unspecified atom stereocenters. The number of aromatic amines is 4. The zero-order valence-corrected chi connectivity index (χ0v) is 77.0. The Balaban J connectivity index is 0.000000152. The summed E-state index contributed by atoms with van der Waals surface area (Å²) in [7, 11) is -17.7. The van der Waals surface area contributed by atoms with Crippen molar-refractivity contribution in [3.05, 3.63) is 328 Å². The predicted molar refractivity (Wildman–Crippen MR) is 487 cm³/mol. The Morgan fingerprint density at radius 2 is 0.634 bits per heavy atom. The van der Waals surface area contributed by atoms with Crippen LogP contribution in [0.5, 0.6) is 0 Å². The molecule has 0 atom stereocenters. The molecule has 0 spiro atoms. The number of alkyl halides is 9. The minimum Gasteiger partial charge on any atom is -0.346 e. The number of rotatable bonds is 21. The maximum atomic E-state index is 13.4. The highest BCUT2D eigenvalue weighted by molar-refractivity contribution is 7.93. The first-order valence-electron chi connectivity index (χ1n) is 38.5. The number of ketones is 4. The minimum atomic E-state index is -4.87. The number of hydrogen-bond donors (Lipinski definition) is 8. The third-order valence-electron chi connectivity index (χ3n) is 19.8. The molecule has 12 heterocycles. The first-order valence-corrected chi connectivity index (χ1v) is 46.7. The summed E-state index contributed by atoms with van der Waals surface area (Å²) >= 11 is 35.6. The molecule has 0 aliphatic carbocycles. The highest BCUT2D eigenvalue weighted by Gasteiger charge is 2.39. The number of fused-ring (bicyclic) bond motifs is 4. The number of H-pyrrole nitrogens is 4. The molecule has 0 saturated heterocycles. The molecule has 0 aliphatic rings. The normalized spacial score (nSPS) is 12.2. The molecule has 12 aromatic heterocycles. The zero-order chi connectivity index (χ0) is 97.4. The highest BCUT2D eigenvalue weighted by Crippen LogP contribution is 2.42. The maximum Gasteiger partial charge on any atom is 0.417 e. The van der Waals surface area contributed by atoms with Gasteiger partial charge in [-0.1, -0.05) is 103 Å². The largest absolute Gasteiger partial charge is 0.417 e. The molecule has 0 amide bonds. The molecule has 0 fully saturated rings. The van der Waals surface area contributed by atoms with E-state index in [2.05, 4.69) is 78.7 Å². The number of hydrogen-bond acceptors (Lipinski definition) is 20. The van der Waals surface area contributed by atoms with Crippen molar-refractivity contribution < 1.29 is 92.4 Å². The fourth-order valence-corrected chi connectivity index (χ4v) is 19.0. The lowest BCUT2D eigenvalue weighted by Gasteiger charge is -2.21. The number of halogens is 15. The van der Waals surface area contributed by atoms with E-state index in [9.17, 15) is 92.4 Å². The third kappa shape index (κ3) is 21.8. The van der Waals surface area contributed by atoms with Gasteiger partial charge < -0.3 is 19.9 Å². The number of carbonyl (C=O) groups is 4. The lowest BCUT2D eigenvalue weighted by atomic mass is 9.87. The maximum absolute atomic E-state index is 13.4. The van der Waals surface area contributed by atoms with Crippen molar-refractivity contribution >= 4 is 200 Å². The number of pyridine rings is 8. The number of benzene rings is 4. The summed E-state index contributed by atoms with van der Waals surface area (Å²) in [6, 6.07) is 29.2. The van der Waals surface area contributed by atoms with Crippen molar-refractivity contribution in [1.29, 1.82) is 0 Å². The molecule has 0 bridgehead atoms. The third-order valence-corrected chi connectivity index (χ3v) is 27.0. The van der Waals surface area contributed by atoms with Gasteiger partial charge >= 0.3 is 18.5 Å². The number of aryl methyl sites for hydroxylation is 3. The second-order valence-corrected chi connectivity index (χ2v) is 39.2. The Bertz CT molecular complexity index is 7660. The van der Waals surface area contributed by atoms with E-state index in [0.29, 0.717) is 84.0 Å². The van der Waals surface area contributed by atoms with Crippen LogP contribution < -0.4 is 18.9 Å². The summed E-state index contributed by atoms with van der Waals surface area (Å²) < 4.78 is 233. The van der Waals surface area contributed by atoms with Crippen LogP contribution in [0.4, 0.5) is 62.3 Å². The quantitative estimate of drug-likeness (QED) is 0.0245. The Morgan fingerprint density at radius 1 is 0.343 bits per heavy atom. The molecule has 16 aromatic rings. The van der Waals surface area contributed by atoms with E-state index in [1.807, 2.05) is 20.8 Å². The van der Waals surface area contributed by atoms with E-state index in [-0.39, 0.29) is 105 Å². The Hall–Kier alpha value is -13.0. The topological polar surface area (TPSA) is 419 Å². The number of sulfonamides is 4. The van der Waals surface area contributed by atoms with E-state index in [1.54, 1.807) is 68.1 Å². The molecule has 28 nitrogen and oxygen atoms in total. The summed E-state index contributed by atoms with van der Waals surface area (Å²) in [6.07, 6.45) is 1.59. The van der Waals surface area contributed by atoms with Gasteiger partial charge in [-0.2, -0.15) is 39.5 Å². The van der Waals surface area contributed by atoms with Gasteiger partial charge in [0.15, 0.2) is 0 Å². The summed E-state index contributed by atoms with van der Waals surface area (Å²) in [4.78, 5) is 95.6. The molecular weight excluding hydrogens is 1970 g/mol. The van der Waals surface area contributed by atoms with Gasteiger partial charge in [-0.15, -0.1) is 0 Å². The van der Waals surface area contributed by atoms with E-state index in [1.165, 1.54) is 112 Å². The molecule has 47 heteroatoms. The van der Waals surface area contributed by atoms with E-state index >= 15 is 0 Å². The summed E-state index contributed by atoms with van der Waals surface area (Å²) in [5.74, 6) is -2.33. The molecule has 0 saturated carbocycles. The molecule has 692 valence electrons. The van der Waals surface area contributed by atoms with Crippen molar-refractivity contribution in [2.75, 3.05) is 18.9 Å². The van der Waals surface area contributed by atoms with Gasteiger partial charge in [0.2, 0.25) is 23.1 Å². The number of anilines is 4. The van der Waals surface area contributed by atoms with Crippen molar-refractivity contribution in [3.8, 4) is 0 Å². The smallest absolute Gasteiger partial charge is 0.346 e. The van der Waals surface area contributed by atoms with Crippen LogP contribution in [-0.4, -0.2) is 117 Å². The monoisotopic (exact) mass is 2030 g/mol. The number of nitrogens with zero attached hydrogens (tertiary/aromatic N) is 8. The van der Waals surface area contributed by atoms with Gasteiger partial charge in [-0.3, -0.25) is 43.1 Å². The standard InChI is InChI=1S/C23H20Cl2N4O3S.C22H16ClF3N4O3S.C21H13Cl2F3N4O3S.C21H14ClF3N4O3S/c1-23(2,3)17-11-14(4-5-18(17)25)33(31,32)29-19-10-13(24)12-28-20(19)21(30)15-6-8-26-22-16(15)7-9-27-22;1-2-12-3-4-14(10-17(12)22(24,25)26)34(32,33)30-18-9-13(23)11-29-19(18)20(31)15-5-7-27-21-16(15)6-8-28-21;1-10-16(23)9-17(18(29-10)19(31)12-4-6-27-20-13(12)5-7-28-20)30-34(32,33)11-2-3-15(22)14(8-11)21(24,25)26;1-11-8-17(29-33(31,32)12-2-3-16(22)15(9-12)21(23,24)25)18(28-10-11)19(30)13-4-6-26-20-14(13)5-7-27-20/h4-12,29H,1-3H3,(H,26,27);3-11,30H,2H2,1H3,(H,27,28);2-9,30H,1H3,(H,27,28);2-10,29H,1H3,(H,26,27). The fourth-order valence-electron chi connectivity index (χ4n) is 13.3. The van der Waals surface area contributed by atoms with Crippen LogP contribution in [-0.2, 0) is 70.5 Å². The summed E-state index contributed by atoms with van der Waals surface area (Å²) in [5, 5.41) is 1.49. The fraction of sp³-hybridized carbons (Fsp3) is 0.126. The van der Waals surface area contributed by atoms with Gasteiger partial charge in [0.05, 0.1) is 89.8 Å². The number of aromatic nitrogens is 12. The SMILES string of the molecule is CC(C)(C)c1cc(S(=O)(=O)Nc2cc(Cl)cnc2C(=O)c2ccnc3[nH]ccc23)ccc1Cl.CCc1ccc(S(=O)(=O)Nc2cc(Cl)cnc2C(=O)c2ccnc3[nH]ccc23)cc1C(F)(F)F.Cc1cnc(C(=O)c2ccnc3[nH]ccc23)c(NS(=O)(=O)c2ccc(Cl)c(C(F)(F)F)c2)c1.Cc1nc(C(=O)c2ccnc3[nH]ccc23)c(NS(=O)(=O)c2ccc(Cl)c(C(F)(F)F)c2)cc1Cl. The summed E-state index contributed by atoms with van der Waals surface area (Å²) in [6.45, 7) is 10.5. The lowest BCUT2D eigenvalue weighted by molar-refractivity contribution is -0.139. The predicted octanol–water partition coefficient (Wildman–Crippen LogP) is 21.4. The van der Waals surface area contributed by atoms with Crippen LogP contribution in [0.2, 0.25) is 30.1 Å². The van der Waals surface area contributed by atoms with Crippen LogP contribution in [0.15, 0.2) is 233 Å². The zero-order valence-electron chi connectivity index (χ0n) is 69.2. The van der Waals surface area contributed by atoms with Crippen LogP contribution >= 0.6 is 69.6 Å². The second kappa shape index (κ2) is 38.6. The number of carbonyl (C=O) groups excluding carboxylic acids is 4. The summed E-state index contributed by atoms with van der Waals surface area (Å²) in [5.41, 5.74) is -1.46. The molecule has 16 rings (SSSR count). The highest BCUT2D eigenvalue weighted by atomic mass is 35.5. The second-order valence-electron chi connectivity index (χ2n) is 29.9. The molecule has 0 radical (unpaired) electrons. The molecule has 4 aromatic carbocycles. The van der Waals surface area contributed by atoms with E-state index in [4.69, 9.17) is 69.6 Å². The number of nitrogens with one attached hydrogen (secondary N) is 8. The van der Waals surface area contributed by atoms with Gasteiger partial charge in [0.1, 0.15) is 45.4 Å². The first-order chi connectivity index (χ1) is 62.8. The van der Waals surface area contributed by atoms with Crippen LogP contribution in [0, 0.1) is 13.8 Å². The van der Waals surface area contributed by atoms with Crippen LogP contribution in [0.3, 0.4) is 0 Å². The Morgan fingerprint density at radius 3 is 0.963 bits per heavy atom. The van der Waals surface area contributed by atoms with Crippen molar-refractivity contribution in [3.63, 3.8) is 0 Å². The first kappa shape index (κ1) is 98.5. The van der Waals surface area contributed by atoms with E-state index < -0.39 is 123 Å². The molecular formula is C87H63Cl6F9N16O12S4. The molecule has 8 N–H and O–H groups in total. The van der Waals surface area contributed by atoms with E-state index in [0.717, 1.165) is 36.4 Å². The average molecular weight is 2040 g/mol. The lowest BCUT2D eigenvalue weighted by Crippen LogP contribution is -2.19. The average Bonchev–Trinajstić information content (AvgIpc) is 1.35. The van der Waals surface area contributed by atoms with Gasteiger partial charge in [-0.25, -0.2) is 68.6 Å². The van der Waals surface area contributed by atoms with Crippen LogP contribution in [0.1, 0.15) is 131 Å². The van der Waals surface area contributed by atoms with Crippen molar-refractivity contribution in [2.24, 2.45) is 0 Å². The van der Waals surface area contributed by atoms with Gasteiger partial charge in [0, 0.05) is 117 Å². The minimum absolute atomic E-state index is 0.00661. The molecule has 0 aliphatic heterocycles. The van der Waals surface area contributed by atoms with Crippen LogP contribution in [0.25, 0.3) is 44.1 Å². The van der Waals surface area contributed by atoms with Crippen molar-refractivity contribution in [2.45, 2.75) is 91.5 Å². The Labute approximate surface area is 784 Å². The van der Waals surface area contributed by atoms with Crippen molar-refractivity contribution in [1.82, 2.24) is 59.8 Å². The Kier molecular flexibility index (Phi) is 28.3.